The lowest BCUT2D eigenvalue weighted by atomic mass is 10.00. The van der Waals surface area contributed by atoms with E-state index in [1.165, 1.54) is 18.2 Å². The SMILES string of the molecule is Cc1cc(C(=O)Cc2c(F)cccc2F)cc([N+](=O)[O-])c1. The van der Waals surface area contributed by atoms with Gasteiger partial charge < -0.3 is 0 Å². The predicted molar refractivity (Wildman–Crippen MR) is 72.2 cm³/mol. The van der Waals surface area contributed by atoms with E-state index < -0.39 is 28.8 Å². The van der Waals surface area contributed by atoms with Crippen molar-refractivity contribution in [1.82, 2.24) is 0 Å². The Hall–Kier alpha value is -2.63. The van der Waals surface area contributed by atoms with Crippen molar-refractivity contribution in [2.45, 2.75) is 13.3 Å². The van der Waals surface area contributed by atoms with Gasteiger partial charge in [-0.2, -0.15) is 0 Å². The third-order valence-corrected chi connectivity index (χ3v) is 2.99. The predicted octanol–water partition coefficient (Wildman–Crippen LogP) is 3.61. The van der Waals surface area contributed by atoms with Crippen LogP contribution in [0.15, 0.2) is 36.4 Å². The van der Waals surface area contributed by atoms with Crippen molar-refractivity contribution < 1.29 is 18.5 Å². The third-order valence-electron chi connectivity index (χ3n) is 2.99. The molecule has 0 bridgehead atoms. The van der Waals surface area contributed by atoms with Gasteiger partial charge in [-0.05, 0) is 30.7 Å². The van der Waals surface area contributed by atoms with Crippen molar-refractivity contribution in [3.8, 4) is 0 Å². The lowest BCUT2D eigenvalue weighted by Crippen LogP contribution is -2.08. The summed E-state index contributed by atoms with van der Waals surface area (Å²) in [5.74, 6) is -2.21. The van der Waals surface area contributed by atoms with Gasteiger partial charge in [0, 0.05) is 29.7 Å². The van der Waals surface area contributed by atoms with Crippen LogP contribution < -0.4 is 0 Å². The molecule has 0 aliphatic heterocycles. The summed E-state index contributed by atoms with van der Waals surface area (Å²) in [4.78, 5) is 22.2. The molecular weight excluding hydrogens is 280 g/mol. The number of carbonyl (C=O) groups excluding carboxylic acids is 1. The Balaban J connectivity index is 2.35. The van der Waals surface area contributed by atoms with Crippen LogP contribution in [0.25, 0.3) is 0 Å². The van der Waals surface area contributed by atoms with E-state index in [0.29, 0.717) is 5.56 Å². The molecule has 0 aliphatic rings. The van der Waals surface area contributed by atoms with E-state index in [-0.39, 0.29) is 16.8 Å². The van der Waals surface area contributed by atoms with Crippen molar-refractivity contribution in [2.75, 3.05) is 0 Å². The van der Waals surface area contributed by atoms with E-state index in [4.69, 9.17) is 0 Å². The number of nitrogens with zero attached hydrogens (tertiary/aromatic N) is 1. The van der Waals surface area contributed by atoms with Crippen molar-refractivity contribution in [3.63, 3.8) is 0 Å². The van der Waals surface area contributed by atoms with Gasteiger partial charge in [-0.25, -0.2) is 8.78 Å². The number of hydrogen-bond acceptors (Lipinski definition) is 3. The molecule has 0 spiro atoms. The molecule has 21 heavy (non-hydrogen) atoms. The Morgan fingerprint density at radius 2 is 1.81 bits per heavy atom. The first kappa shape index (κ1) is 14.8. The summed E-state index contributed by atoms with van der Waals surface area (Å²) in [6.07, 6.45) is -0.487. The van der Waals surface area contributed by atoms with Crippen LogP contribution in [-0.4, -0.2) is 10.7 Å². The Morgan fingerprint density at radius 1 is 1.19 bits per heavy atom. The zero-order chi connectivity index (χ0) is 15.6. The fraction of sp³-hybridized carbons (Fsp3) is 0.133. The second kappa shape index (κ2) is 5.78. The molecule has 0 fully saturated rings. The Kier molecular flexibility index (Phi) is 4.07. The number of rotatable bonds is 4. The zero-order valence-electron chi connectivity index (χ0n) is 11.1. The lowest BCUT2D eigenvalue weighted by molar-refractivity contribution is -0.384. The van der Waals surface area contributed by atoms with E-state index in [2.05, 4.69) is 0 Å². The van der Waals surface area contributed by atoms with Gasteiger partial charge in [0.15, 0.2) is 5.78 Å². The van der Waals surface area contributed by atoms with Crippen molar-refractivity contribution in [2.24, 2.45) is 0 Å². The fourth-order valence-corrected chi connectivity index (χ4v) is 1.99. The molecule has 2 aromatic carbocycles. The first-order valence-electron chi connectivity index (χ1n) is 6.10. The number of nitro benzene ring substituents is 1. The number of Topliss-reactive ketones (excluding diaryl/α,β-unsaturated/α-hetero) is 1. The van der Waals surface area contributed by atoms with Crippen molar-refractivity contribution in [1.29, 1.82) is 0 Å². The summed E-state index contributed by atoms with van der Waals surface area (Å²) in [7, 11) is 0. The number of non-ortho nitro benzene ring substituents is 1. The van der Waals surface area contributed by atoms with Crippen LogP contribution in [0.4, 0.5) is 14.5 Å². The highest BCUT2D eigenvalue weighted by Crippen LogP contribution is 2.20. The van der Waals surface area contributed by atoms with Gasteiger partial charge in [-0.3, -0.25) is 14.9 Å². The second-order valence-electron chi connectivity index (χ2n) is 4.61. The maximum atomic E-state index is 13.5. The van der Waals surface area contributed by atoms with Crippen LogP contribution in [0, 0.1) is 28.7 Å². The van der Waals surface area contributed by atoms with E-state index in [1.807, 2.05) is 0 Å². The molecule has 0 unspecified atom stereocenters. The van der Waals surface area contributed by atoms with E-state index in [1.54, 1.807) is 6.92 Å². The highest BCUT2D eigenvalue weighted by molar-refractivity contribution is 5.98. The van der Waals surface area contributed by atoms with Gasteiger partial charge in [0.05, 0.1) is 4.92 Å². The monoisotopic (exact) mass is 291 g/mol. The second-order valence-corrected chi connectivity index (χ2v) is 4.61. The summed E-state index contributed by atoms with van der Waals surface area (Å²) in [5, 5.41) is 10.8. The highest BCUT2D eigenvalue weighted by atomic mass is 19.1. The fourth-order valence-electron chi connectivity index (χ4n) is 1.99. The number of aryl methyl sites for hydroxylation is 1. The number of ketones is 1. The largest absolute Gasteiger partial charge is 0.294 e. The Morgan fingerprint density at radius 3 is 2.38 bits per heavy atom. The minimum absolute atomic E-state index is 0.0596. The number of benzene rings is 2. The zero-order valence-corrected chi connectivity index (χ0v) is 11.1. The Bertz CT molecular complexity index is 709. The third kappa shape index (κ3) is 3.28. The van der Waals surface area contributed by atoms with Gasteiger partial charge in [-0.1, -0.05) is 6.07 Å². The van der Waals surface area contributed by atoms with Crippen LogP contribution >= 0.6 is 0 Å². The molecular formula is C15H11F2NO3. The summed E-state index contributed by atoms with van der Waals surface area (Å²) in [6, 6.07) is 7.20. The minimum Gasteiger partial charge on any atom is -0.294 e. The quantitative estimate of drug-likeness (QED) is 0.491. The number of hydrogen-bond donors (Lipinski definition) is 0. The lowest BCUT2D eigenvalue weighted by Gasteiger charge is -2.05. The summed E-state index contributed by atoms with van der Waals surface area (Å²) < 4.78 is 27.0. The standard InChI is InChI=1S/C15H11F2NO3/c1-9-5-10(7-11(6-9)18(20)21)15(19)8-12-13(16)3-2-4-14(12)17/h2-7H,8H2,1H3. The molecule has 6 heteroatoms. The Labute approximate surface area is 119 Å². The molecule has 0 aliphatic carbocycles. The first-order chi connectivity index (χ1) is 9.88. The number of halogens is 2. The number of carbonyl (C=O) groups is 1. The average Bonchev–Trinajstić information content (AvgIpc) is 2.42. The van der Waals surface area contributed by atoms with Crippen LogP contribution in [0.3, 0.4) is 0 Å². The first-order valence-corrected chi connectivity index (χ1v) is 6.10. The topological polar surface area (TPSA) is 60.2 Å². The maximum absolute atomic E-state index is 13.5. The molecule has 2 rings (SSSR count). The molecule has 0 saturated heterocycles. The summed E-state index contributed by atoms with van der Waals surface area (Å²) in [6.45, 7) is 1.60. The van der Waals surface area contributed by atoms with Gasteiger partial charge >= 0.3 is 0 Å². The van der Waals surface area contributed by atoms with E-state index in [0.717, 1.165) is 18.2 Å². The maximum Gasteiger partial charge on any atom is 0.270 e. The van der Waals surface area contributed by atoms with Gasteiger partial charge in [0.2, 0.25) is 0 Å². The molecule has 0 aromatic heterocycles. The van der Waals surface area contributed by atoms with Crippen LogP contribution in [0.1, 0.15) is 21.5 Å². The number of nitro groups is 1. The molecule has 0 atom stereocenters. The molecule has 108 valence electrons. The van der Waals surface area contributed by atoms with E-state index >= 15 is 0 Å². The molecule has 4 nitrogen and oxygen atoms in total. The van der Waals surface area contributed by atoms with E-state index in [9.17, 15) is 23.7 Å². The normalized spacial score (nSPS) is 10.4. The molecule has 0 N–H and O–H groups in total. The summed E-state index contributed by atoms with van der Waals surface area (Å²) in [5.41, 5.74) is 0.0184. The minimum atomic E-state index is -0.814. The average molecular weight is 291 g/mol. The van der Waals surface area contributed by atoms with Crippen molar-refractivity contribution >= 4 is 11.5 Å². The molecule has 0 saturated carbocycles. The van der Waals surface area contributed by atoms with Crippen LogP contribution in [0.5, 0.6) is 0 Å². The smallest absolute Gasteiger partial charge is 0.270 e. The molecule has 0 amide bonds. The highest BCUT2D eigenvalue weighted by Gasteiger charge is 2.17. The van der Waals surface area contributed by atoms with Crippen LogP contribution in [0.2, 0.25) is 0 Å². The van der Waals surface area contributed by atoms with Crippen LogP contribution in [-0.2, 0) is 6.42 Å². The van der Waals surface area contributed by atoms with Crippen molar-refractivity contribution in [3.05, 3.63) is 74.8 Å². The molecule has 0 heterocycles. The summed E-state index contributed by atoms with van der Waals surface area (Å²) >= 11 is 0. The van der Waals surface area contributed by atoms with Gasteiger partial charge in [-0.15, -0.1) is 0 Å². The van der Waals surface area contributed by atoms with Gasteiger partial charge in [0.1, 0.15) is 11.6 Å². The molecule has 0 radical (unpaired) electrons. The van der Waals surface area contributed by atoms with Gasteiger partial charge in [0.25, 0.3) is 5.69 Å². The molecule has 2 aromatic rings.